The van der Waals surface area contributed by atoms with Gasteiger partial charge in [0.25, 0.3) is 0 Å². The van der Waals surface area contributed by atoms with Crippen molar-refractivity contribution in [2.45, 2.75) is 9.79 Å². The van der Waals surface area contributed by atoms with Crippen LogP contribution in [0.3, 0.4) is 0 Å². The Balaban J connectivity index is 1.60. The fraction of sp³-hybridized carbons (Fsp3) is 0. The maximum absolute atomic E-state index is 2.55. The first kappa shape index (κ1) is 17.8. The zero-order valence-corrected chi connectivity index (χ0v) is 18.6. The van der Waals surface area contributed by atoms with E-state index in [0.717, 1.165) is 0 Å². The van der Waals surface area contributed by atoms with Crippen LogP contribution in [0.5, 0.6) is 0 Å². The average molecular weight is 435 g/mol. The number of hydrogen-bond donors (Lipinski definition) is 0. The van der Waals surface area contributed by atoms with Gasteiger partial charge in [0, 0.05) is 37.3 Å². The molecule has 0 fully saturated rings. The highest BCUT2D eigenvalue weighted by atomic mass is 32.2. The number of benzene rings is 5. The lowest BCUT2D eigenvalue weighted by Crippen LogP contribution is -2.58. The Morgan fingerprint density at radius 2 is 1.24 bits per heavy atom. The Labute approximate surface area is 196 Å². The molecule has 0 spiro atoms. The molecule has 0 saturated carbocycles. The molecule has 0 aliphatic carbocycles. The van der Waals surface area contributed by atoms with Crippen LogP contribution in [0.15, 0.2) is 119 Å². The van der Waals surface area contributed by atoms with Gasteiger partial charge in [0.1, 0.15) is 0 Å². The molecule has 0 radical (unpaired) electrons. The van der Waals surface area contributed by atoms with Crippen LogP contribution in [0.25, 0.3) is 38.6 Å². The average Bonchev–Trinajstić information content (AvgIpc) is 3.22. The zero-order valence-electron chi connectivity index (χ0n) is 17.8. The zero-order chi connectivity index (χ0) is 21.5. The van der Waals surface area contributed by atoms with E-state index in [1.165, 1.54) is 64.8 Å². The molecule has 33 heavy (non-hydrogen) atoms. The molecule has 3 heterocycles. The fourth-order valence-corrected chi connectivity index (χ4v) is 7.15. The van der Waals surface area contributed by atoms with Gasteiger partial charge in [-0.1, -0.05) is 108 Å². The predicted octanol–water partition coefficient (Wildman–Crippen LogP) is 5.74. The SMILES string of the molecule is c1ccc(-c2cccc3c4cccc5c4n(c23)-c2cccc3c2B5c2ccccc2S3)cc1. The van der Waals surface area contributed by atoms with Gasteiger partial charge in [0.05, 0.1) is 5.52 Å². The monoisotopic (exact) mass is 435 g/mol. The molecule has 0 N–H and O–H groups in total. The quantitative estimate of drug-likeness (QED) is 0.298. The lowest BCUT2D eigenvalue weighted by Gasteiger charge is -2.33. The molecule has 0 amide bonds. The number of nitrogens with zero attached hydrogens (tertiary/aromatic N) is 1. The van der Waals surface area contributed by atoms with Crippen LogP contribution in [0.4, 0.5) is 0 Å². The van der Waals surface area contributed by atoms with Crippen molar-refractivity contribution in [3.05, 3.63) is 109 Å². The largest absolute Gasteiger partial charge is 0.310 e. The van der Waals surface area contributed by atoms with Crippen molar-refractivity contribution in [2.24, 2.45) is 0 Å². The van der Waals surface area contributed by atoms with E-state index < -0.39 is 0 Å². The Morgan fingerprint density at radius 1 is 0.545 bits per heavy atom. The summed E-state index contributed by atoms with van der Waals surface area (Å²) in [5.74, 6) is 0. The number of para-hydroxylation sites is 2. The summed E-state index contributed by atoms with van der Waals surface area (Å²) in [4.78, 5) is 2.75. The van der Waals surface area contributed by atoms with E-state index in [1.807, 2.05) is 11.8 Å². The smallest absolute Gasteiger partial charge is 0.249 e. The lowest BCUT2D eigenvalue weighted by molar-refractivity contribution is 1.17. The van der Waals surface area contributed by atoms with Gasteiger partial charge in [-0.25, -0.2) is 0 Å². The van der Waals surface area contributed by atoms with Gasteiger partial charge >= 0.3 is 0 Å². The minimum absolute atomic E-state index is 0.273. The third-order valence-electron chi connectivity index (χ3n) is 7.26. The van der Waals surface area contributed by atoms with Crippen LogP contribution in [-0.4, -0.2) is 11.3 Å². The van der Waals surface area contributed by atoms with Crippen LogP contribution in [0, 0.1) is 0 Å². The molecule has 8 rings (SSSR count). The normalized spacial score (nSPS) is 13.3. The molecule has 3 heteroatoms. The minimum Gasteiger partial charge on any atom is -0.310 e. The number of fused-ring (bicyclic) bond motifs is 7. The first-order valence-electron chi connectivity index (χ1n) is 11.4. The van der Waals surface area contributed by atoms with Crippen LogP contribution < -0.4 is 16.4 Å². The van der Waals surface area contributed by atoms with Crippen molar-refractivity contribution < 1.29 is 0 Å². The molecule has 0 atom stereocenters. The van der Waals surface area contributed by atoms with Crippen LogP contribution in [0.1, 0.15) is 0 Å². The van der Waals surface area contributed by atoms with E-state index in [9.17, 15) is 0 Å². The molecule has 0 unspecified atom stereocenters. The van der Waals surface area contributed by atoms with Gasteiger partial charge in [0.15, 0.2) is 0 Å². The van der Waals surface area contributed by atoms with Crippen molar-refractivity contribution in [3.8, 4) is 16.8 Å². The van der Waals surface area contributed by atoms with Gasteiger partial charge in [-0.3, -0.25) is 0 Å². The highest BCUT2D eigenvalue weighted by Gasteiger charge is 2.39. The van der Waals surface area contributed by atoms with E-state index in [0.29, 0.717) is 0 Å². The topological polar surface area (TPSA) is 4.93 Å². The Morgan fingerprint density at radius 3 is 2.15 bits per heavy atom. The third kappa shape index (κ3) is 2.25. The third-order valence-corrected chi connectivity index (χ3v) is 8.43. The maximum Gasteiger partial charge on any atom is 0.249 e. The molecule has 152 valence electrons. The lowest BCUT2D eigenvalue weighted by atomic mass is 9.35. The molecule has 2 aliphatic heterocycles. The van der Waals surface area contributed by atoms with Gasteiger partial charge in [-0.05, 0) is 34.7 Å². The summed E-state index contributed by atoms with van der Waals surface area (Å²) in [7, 11) is 0. The second-order valence-corrected chi connectivity index (χ2v) is 9.99. The first-order valence-corrected chi connectivity index (χ1v) is 12.2. The van der Waals surface area contributed by atoms with Gasteiger partial charge in [-0.15, -0.1) is 0 Å². The van der Waals surface area contributed by atoms with E-state index in [1.54, 1.807) is 0 Å². The van der Waals surface area contributed by atoms with E-state index in [-0.39, 0.29) is 6.71 Å². The molecule has 5 aromatic carbocycles. The summed E-state index contributed by atoms with van der Waals surface area (Å²) in [6.45, 7) is 0.273. The molecule has 1 nitrogen and oxygen atoms in total. The summed E-state index contributed by atoms with van der Waals surface area (Å²) >= 11 is 1.91. The van der Waals surface area contributed by atoms with Crippen LogP contribution in [-0.2, 0) is 0 Å². The van der Waals surface area contributed by atoms with Crippen molar-refractivity contribution in [1.82, 2.24) is 4.57 Å². The second kappa shape index (κ2) is 6.43. The van der Waals surface area contributed by atoms with E-state index >= 15 is 0 Å². The summed E-state index contributed by atoms with van der Waals surface area (Å²) in [5.41, 5.74) is 10.8. The highest BCUT2D eigenvalue weighted by molar-refractivity contribution is 8.00. The molecule has 0 saturated heterocycles. The number of aromatic nitrogens is 1. The molecular weight excluding hydrogens is 417 g/mol. The molecule has 0 bridgehead atoms. The summed E-state index contributed by atoms with van der Waals surface area (Å²) in [5, 5.41) is 2.66. The van der Waals surface area contributed by atoms with Crippen molar-refractivity contribution in [1.29, 1.82) is 0 Å². The second-order valence-electron chi connectivity index (χ2n) is 8.91. The fourth-order valence-electron chi connectivity index (χ4n) is 5.98. The number of rotatable bonds is 1. The van der Waals surface area contributed by atoms with Crippen molar-refractivity contribution in [3.63, 3.8) is 0 Å². The molecule has 2 aliphatic rings. The first-order chi connectivity index (χ1) is 16.4. The molecule has 6 aromatic rings. The van der Waals surface area contributed by atoms with Gasteiger partial charge in [0.2, 0.25) is 6.71 Å². The van der Waals surface area contributed by atoms with Crippen molar-refractivity contribution in [2.75, 3.05) is 0 Å². The van der Waals surface area contributed by atoms with Crippen molar-refractivity contribution >= 4 is 56.7 Å². The van der Waals surface area contributed by atoms with E-state index in [2.05, 4.69) is 114 Å². The molecular formula is C30H18BNS. The number of hydrogen-bond acceptors (Lipinski definition) is 1. The van der Waals surface area contributed by atoms with Crippen LogP contribution in [0.2, 0.25) is 0 Å². The maximum atomic E-state index is 2.55. The Kier molecular flexibility index (Phi) is 3.47. The minimum atomic E-state index is 0.273. The van der Waals surface area contributed by atoms with Gasteiger partial charge < -0.3 is 4.57 Å². The predicted molar refractivity (Wildman–Crippen MR) is 141 cm³/mol. The summed E-state index contributed by atoms with van der Waals surface area (Å²) in [6.07, 6.45) is 0. The van der Waals surface area contributed by atoms with Gasteiger partial charge in [-0.2, -0.15) is 0 Å². The summed E-state index contributed by atoms with van der Waals surface area (Å²) in [6, 6.07) is 40.2. The standard InChI is InChI=1S/C30H18BNS/c1-2-9-19(10-3-1)20-11-6-12-21-22-13-7-15-24-30(22)32(29(20)21)25-16-8-18-27-28(25)31(24)23-14-4-5-17-26(23)33-27/h1-18H. The Bertz CT molecular complexity index is 1750. The Hall–Kier alpha value is -3.69. The molecule has 1 aromatic heterocycles. The summed E-state index contributed by atoms with van der Waals surface area (Å²) < 4.78 is 2.55. The van der Waals surface area contributed by atoms with Crippen LogP contribution >= 0.6 is 11.8 Å². The highest BCUT2D eigenvalue weighted by Crippen LogP contribution is 2.41. The van der Waals surface area contributed by atoms with E-state index in [4.69, 9.17) is 0 Å².